The summed E-state index contributed by atoms with van der Waals surface area (Å²) >= 11 is 0. The molecule has 6 unspecified atom stereocenters. The van der Waals surface area contributed by atoms with Crippen molar-refractivity contribution in [3.63, 3.8) is 0 Å². The van der Waals surface area contributed by atoms with Crippen molar-refractivity contribution in [2.24, 2.45) is 5.73 Å². The maximum Gasteiger partial charge on any atom is 0.234 e. The number of carbonyl (C=O) groups is 1. The first-order valence-corrected chi connectivity index (χ1v) is 11.9. The van der Waals surface area contributed by atoms with Crippen LogP contribution in [-0.4, -0.2) is 67.7 Å². The maximum absolute atomic E-state index is 12.1. The van der Waals surface area contributed by atoms with E-state index in [9.17, 15) is 4.79 Å². The van der Waals surface area contributed by atoms with Gasteiger partial charge in [-0.3, -0.25) is 20.3 Å². The minimum atomic E-state index is -0.289. The first-order chi connectivity index (χ1) is 15.7. The van der Waals surface area contributed by atoms with Gasteiger partial charge in [-0.2, -0.15) is 0 Å². The van der Waals surface area contributed by atoms with Crippen molar-refractivity contribution in [3.8, 4) is 0 Å². The normalized spacial score (nSPS) is 41.2. The van der Waals surface area contributed by atoms with E-state index in [1.165, 1.54) is 17.6 Å². The summed E-state index contributed by atoms with van der Waals surface area (Å²) in [6.07, 6.45) is 20.2. The number of nitrogens with one attached hydrogen (secondary N) is 2. The Hall–Kier alpha value is -2.03. The van der Waals surface area contributed by atoms with Gasteiger partial charge in [-0.15, -0.1) is 0 Å². The van der Waals surface area contributed by atoms with Crippen LogP contribution in [-0.2, 0) is 14.3 Å². The Bertz CT molecular complexity index is 874. The van der Waals surface area contributed by atoms with Gasteiger partial charge < -0.3 is 15.2 Å². The lowest BCUT2D eigenvalue weighted by molar-refractivity contribution is -0.122. The lowest BCUT2D eigenvalue weighted by Gasteiger charge is -2.35. The highest BCUT2D eigenvalue weighted by Gasteiger charge is 2.38. The van der Waals surface area contributed by atoms with E-state index in [2.05, 4.69) is 58.1 Å². The van der Waals surface area contributed by atoms with Crippen LogP contribution in [0.25, 0.3) is 0 Å². The first-order valence-electron chi connectivity index (χ1n) is 11.9. The Balaban J connectivity index is 1.37. The number of nitrogens with two attached hydrogens (primary N) is 1. The molecular weight excluding hydrogens is 404 g/mol. The second kappa shape index (κ2) is 9.85. The third-order valence-corrected chi connectivity index (χ3v) is 6.95. The molecule has 0 aromatic rings. The van der Waals surface area contributed by atoms with Crippen LogP contribution < -0.4 is 16.4 Å². The van der Waals surface area contributed by atoms with Gasteiger partial charge in [0.15, 0.2) is 0 Å². The van der Waals surface area contributed by atoms with Crippen molar-refractivity contribution >= 4 is 5.91 Å². The summed E-state index contributed by atoms with van der Waals surface area (Å²) in [6, 6.07) is 0.0480. The van der Waals surface area contributed by atoms with E-state index in [1.54, 1.807) is 0 Å². The number of ether oxygens (including phenoxy) is 2. The van der Waals surface area contributed by atoms with Crippen LogP contribution in [0, 0.1) is 0 Å². The highest BCUT2D eigenvalue weighted by molar-refractivity contribution is 5.80. The number of rotatable bonds is 1. The van der Waals surface area contributed by atoms with Crippen LogP contribution in [0.5, 0.6) is 0 Å². The van der Waals surface area contributed by atoms with Crippen LogP contribution in [0.2, 0.25) is 0 Å². The predicted octanol–water partition coefficient (Wildman–Crippen LogP) is 1.65. The molecule has 2 bridgehead atoms. The van der Waals surface area contributed by atoms with Crippen LogP contribution >= 0.6 is 0 Å². The van der Waals surface area contributed by atoms with E-state index in [1.807, 2.05) is 0 Å². The molecule has 4 N–H and O–H groups in total. The van der Waals surface area contributed by atoms with Crippen molar-refractivity contribution in [1.29, 1.82) is 0 Å². The van der Waals surface area contributed by atoms with Crippen molar-refractivity contribution < 1.29 is 14.3 Å². The van der Waals surface area contributed by atoms with Gasteiger partial charge in [-0.1, -0.05) is 42.5 Å². The third kappa shape index (κ3) is 5.13. The van der Waals surface area contributed by atoms with E-state index in [4.69, 9.17) is 15.2 Å². The molecule has 5 rings (SSSR count). The number of hydrogen-bond donors (Lipinski definition) is 3. The summed E-state index contributed by atoms with van der Waals surface area (Å²) < 4.78 is 12.4. The molecule has 7 nitrogen and oxygen atoms in total. The van der Waals surface area contributed by atoms with E-state index in [0.717, 1.165) is 37.9 Å². The average molecular weight is 439 g/mol. The topological polar surface area (TPSA) is 88.9 Å². The molecule has 0 radical (unpaired) electrons. The maximum atomic E-state index is 12.1. The number of primary amides is 1. The SMILES string of the molecule is NC(=O)C1CC2CN1CCNCOC1C/C1=C/C=C\C=C/C1=CC3=CCCCC3NC1O2. The Labute approximate surface area is 190 Å². The number of allylic oxidation sites excluding steroid dienone is 5. The number of amides is 1. The standard InChI is InChI=1S/C25H34N4O3/c26-24(30)22-14-20-15-29(22)11-10-27-16-31-23-13-18(23)7-2-1-3-8-19-12-17-6-4-5-9-21(17)28-25(19)32-20/h1-3,6-8,12,20-23,25,27-28H,4-5,9-11,13-16H2,(H2,26,30)/b2-1-,8-3-,18-7-. The van der Waals surface area contributed by atoms with Crippen molar-refractivity contribution in [1.82, 2.24) is 15.5 Å². The third-order valence-electron chi connectivity index (χ3n) is 6.95. The average Bonchev–Trinajstić information content (AvgIpc) is 3.40. The lowest BCUT2D eigenvalue weighted by atomic mass is 9.89. The molecule has 3 heterocycles. The summed E-state index contributed by atoms with van der Waals surface area (Å²) in [5.41, 5.74) is 9.53. The van der Waals surface area contributed by atoms with Crippen LogP contribution in [0.1, 0.15) is 32.1 Å². The molecular formula is C25H34N4O3. The molecule has 2 fully saturated rings. The molecule has 6 atom stereocenters. The lowest BCUT2D eigenvalue weighted by Crippen LogP contribution is -2.47. The molecule has 5 aliphatic rings. The molecule has 7 heteroatoms. The quantitative estimate of drug-likeness (QED) is 0.577. The van der Waals surface area contributed by atoms with Crippen molar-refractivity contribution in [2.75, 3.05) is 26.4 Å². The van der Waals surface area contributed by atoms with E-state index in [0.29, 0.717) is 25.7 Å². The highest BCUT2D eigenvalue weighted by Crippen LogP contribution is 2.33. The summed E-state index contributed by atoms with van der Waals surface area (Å²) in [5.74, 6) is -0.277. The monoisotopic (exact) mass is 438 g/mol. The molecule has 0 aromatic heterocycles. The summed E-state index contributed by atoms with van der Waals surface area (Å²) in [4.78, 5) is 14.2. The molecule has 0 spiro atoms. The van der Waals surface area contributed by atoms with Crippen LogP contribution in [0.3, 0.4) is 0 Å². The molecule has 1 amide bonds. The zero-order valence-electron chi connectivity index (χ0n) is 18.5. The fourth-order valence-electron chi connectivity index (χ4n) is 5.10. The number of hydrogen-bond acceptors (Lipinski definition) is 6. The fraction of sp³-hybridized carbons (Fsp3) is 0.560. The minimum Gasteiger partial charge on any atom is -0.368 e. The van der Waals surface area contributed by atoms with E-state index < -0.39 is 0 Å². The van der Waals surface area contributed by atoms with Gasteiger partial charge in [0.2, 0.25) is 5.91 Å². The number of carbonyl (C=O) groups excluding carboxylic acids is 1. The summed E-state index contributed by atoms with van der Waals surface area (Å²) in [7, 11) is 0. The van der Waals surface area contributed by atoms with Gasteiger partial charge in [-0.25, -0.2) is 0 Å². The minimum absolute atomic E-state index is 0.0430. The molecule has 172 valence electrons. The second-order valence-corrected chi connectivity index (χ2v) is 9.27. The van der Waals surface area contributed by atoms with Crippen LogP contribution in [0.4, 0.5) is 0 Å². The smallest absolute Gasteiger partial charge is 0.234 e. The molecule has 32 heavy (non-hydrogen) atoms. The fourth-order valence-corrected chi connectivity index (χ4v) is 5.10. The van der Waals surface area contributed by atoms with Crippen molar-refractivity contribution in [2.45, 2.75) is 62.6 Å². The van der Waals surface area contributed by atoms with Crippen LogP contribution in [0.15, 0.2) is 59.3 Å². The van der Waals surface area contributed by atoms with Gasteiger partial charge in [0.25, 0.3) is 0 Å². The molecule has 0 aromatic carbocycles. The molecule has 1 saturated heterocycles. The zero-order chi connectivity index (χ0) is 21.9. The van der Waals surface area contributed by atoms with E-state index in [-0.39, 0.29) is 30.4 Å². The number of fused-ring (bicyclic) bond motifs is 5. The van der Waals surface area contributed by atoms with Gasteiger partial charge in [-0.05, 0) is 42.4 Å². The molecule has 3 aliphatic heterocycles. The van der Waals surface area contributed by atoms with Gasteiger partial charge in [0.1, 0.15) is 6.23 Å². The highest BCUT2D eigenvalue weighted by atomic mass is 16.5. The number of nitrogens with zero attached hydrogens (tertiary/aromatic N) is 1. The molecule has 2 aliphatic carbocycles. The second-order valence-electron chi connectivity index (χ2n) is 9.27. The Morgan fingerprint density at radius 2 is 2.16 bits per heavy atom. The summed E-state index contributed by atoms with van der Waals surface area (Å²) in [5, 5.41) is 7.03. The zero-order valence-corrected chi connectivity index (χ0v) is 18.5. The molecule has 1 saturated carbocycles. The largest absolute Gasteiger partial charge is 0.368 e. The summed E-state index contributed by atoms with van der Waals surface area (Å²) in [6.45, 7) is 2.70. The van der Waals surface area contributed by atoms with Gasteiger partial charge in [0.05, 0.1) is 25.0 Å². The van der Waals surface area contributed by atoms with Gasteiger partial charge in [0, 0.05) is 32.1 Å². The Morgan fingerprint density at radius 1 is 1.22 bits per heavy atom. The van der Waals surface area contributed by atoms with Gasteiger partial charge >= 0.3 is 0 Å². The first kappa shape index (κ1) is 21.8. The van der Waals surface area contributed by atoms with Crippen molar-refractivity contribution in [3.05, 3.63) is 59.3 Å². The predicted molar refractivity (Wildman–Crippen MR) is 123 cm³/mol. The van der Waals surface area contributed by atoms with E-state index >= 15 is 0 Å². The Morgan fingerprint density at radius 3 is 3.06 bits per heavy atom. The Kier molecular flexibility index (Phi) is 6.71.